The predicted octanol–water partition coefficient (Wildman–Crippen LogP) is -1.44. The Bertz CT molecular complexity index is 221. The van der Waals surface area contributed by atoms with Crippen LogP contribution in [0.5, 0.6) is 0 Å². The molecule has 8 nitrogen and oxygen atoms in total. The number of hydrogen-bond acceptors (Lipinski definition) is 8. The van der Waals surface area contributed by atoms with Gasteiger partial charge in [0.25, 0.3) is 0 Å². The van der Waals surface area contributed by atoms with E-state index in [9.17, 15) is 8.42 Å². The molecule has 0 aliphatic heterocycles. The van der Waals surface area contributed by atoms with Gasteiger partial charge in [-0.3, -0.25) is 0 Å². The average Bonchev–Trinajstić information content (AvgIpc) is 1.57. The van der Waals surface area contributed by atoms with Crippen molar-refractivity contribution in [2.24, 2.45) is 0 Å². The Hall–Kier alpha value is 0.140. The summed E-state index contributed by atoms with van der Waals surface area (Å²) in [5.74, 6) is 0. The van der Waals surface area contributed by atoms with Crippen LogP contribution in [-0.2, 0) is 18.7 Å². The van der Waals surface area contributed by atoms with E-state index in [1.54, 1.807) is 0 Å². The first kappa shape index (κ1) is 11.1. The Morgan fingerprint density at radius 2 is 1.64 bits per heavy atom. The third kappa shape index (κ3) is 6.53. The monoisotopic (exact) mass is 210 g/mol. The molecule has 0 aromatic heterocycles. The number of hydrogen-bond donors (Lipinski definition) is 4. The van der Waals surface area contributed by atoms with Crippen LogP contribution in [0.4, 0.5) is 0 Å². The fourth-order valence-electron chi connectivity index (χ4n) is 0.227. The van der Waals surface area contributed by atoms with Crippen LogP contribution in [0.1, 0.15) is 0 Å². The molecule has 0 atom stereocenters. The Morgan fingerprint density at radius 1 is 1.27 bits per heavy atom. The van der Waals surface area contributed by atoms with Crippen LogP contribution in [-0.4, -0.2) is 35.0 Å². The van der Waals surface area contributed by atoms with Crippen LogP contribution in [0.25, 0.3) is 0 Å². The molecule has 0 radical (unpaired) electrons. The summed E-state index contributed by atoms with van der Waals surface area (Å²) >= 11 is 0. The van der Waals surface area contributed by atoms with Gasteiger partial charge in [0.1, 0.15) is 0 Å². The second kappa shape index (κ2) is 2.57. The molecule has 0 saturated heterocycles. The van der Waals surface area contributed by atoms with Crippen molar-refractivity contribution in [3.63, 3.8) is 0 Å². The summed E-state index contributed by atoms with van der Waals surface area (Å²) in [6.45, 7) is 0.335. The van der Waals surface area contributed by atoms with E-state index < -0.39 is 17.9 Å². The topological polar surface area (TPSA) is 134 Å². The normalized spacial score (nSPS) is 17.4. The molecule has 0 rings (SSSR count). The van der Waals surface area contributed by atoms with E-state index >= 15 is 0 Å². The van der Waals surface area contributed by atoms with E-state index in [1.165, 1.54) is 0 Å². The van der Waals surface area contributed by atoms with E-state index in [0.29, 0.717) is 6.66 Å². The maximum atomic E-state index is 10.1. The van der Waals surface area contributed by atoms with Gasteiger partial charge in [-0.1, -0.05) is 0 Å². The SMILES string of the molecule is CP(O)(O)(O)OS(=O)(=O)OO. The molecule has 0 aliphatic carbocycles. The molecule has 11 heavy (non-hydrogen) atoms. The Balaban J connectivity index is 4.54. The molecule has 0 fully saturated rings. The van der Waals surface area contributed by atoms with Crippen LogP contribution in [0.3, 0.4) is 0 Å². The molecule has 4 N–H and O–H groups in total. The van der Waals surface area contributed by atoms with Crippen LogP contribution in [0, 0.1) is 0 Å². The van der Waals surface area contributed by atoms with Gasteiger partial charge in [0.05, 0.1) is 0 Å². The Morgan fingerprint density at radius 3 is 1.73 bits per heavy atom. The van der Waals surface area contributed by atoms with E-state index in [0.717, 1.165) is 0 Å². The number of rotatable bonds is 3. The second-order valence-electron chi connectivity index (χ2n) is 1.85. The molecule has 10 heteroatoms. The minimum atomic E-state index is -5.64. The molecule has 0 unspecified atom stereocenters. The third-order valence-electron chi connectivity index (χ3n) is 0.357. The maximum absolute atomic E-state index is 10.1. The molecule has 0 aromatic carbocycles. The first-order valence-corrected chi connectivity index (χ1v) is 5.87. The van der Waals surface area contributed by atoms with Gasteiger partial charge < -0.3 is 0 Å². The summed E-state index contributed by atoms with van der Waals surface area (Å²) in [4.78, 5) is 25.2. The van der Waals surface area contributed by atoms with Crippen molar-refractivity contribution >= 4 is 17.9 Å². The molecule has 0 spiro atoms. The van der Waals surface area contributed by atoms with Crippen LogP contribution < -0.4 is 0 Å². The molecule has 0 amide bonds. The predicted molar refractivity (Wildman–Crippen MR) is 33.2 cm³/mol. The zero-order chi connectivity index (χ0) is 9.36. The van der Waals surface area contributed by atoms with Gasteiger partial charge >= 0.3 is 61.2 Å². The van der Waals surface area contributed by atoms with Gasteiger partial charge in [-0.25, -0.2) is 0 Å². The molecule has 70 valence electrons. The van der Waals surface area contributed by atoms with Crippen molar-refractivity contribution in [2.75, 3.05) is 6.66 Å². The molecule has 0 heterocycles. The van der Waals surface area contributed by atoms with E-state index in [-0.39, 0.29) is 0 Å². The van der Waals surface area contributed by atoms with Gasteiger partial charge in [-0.15, -0.1) is 0 Å². The van der Waals surface area contributed by atoms with Gasteiger partial charge in [-0.2, -0.15) is 0 Å². The van der Waals surface area contributed by atoms with E-state index in [1.807, 2.05) is 0 Å². The summed E-state index contributed by atoms with van der Waals surface area (Å²) in [6, 6.07) is 0. The first-order chi connectivity index (χ1) is 4.52. The zero-order valence-electron chi connectivity index (χ0n) is 5.28. The Kier molecular flexibility index (Phi) is 2.61. The van der Waals surface area contributed by atoms with E-state index in [2.05, 4.69) is 8.30 Å². The first-order valence-electron chi connectivity index (χ1n) is 2.08. The summed E-state index contributed by atoms with van der Waals surface area (Å²) < 4.78 is 26.1. The molecular formula is CH7O8PS. The van der Waals surface area contributed by atoms with Crippen molar-refractivity contribution in [2.45, 2.75) is 0 Å². The van der Waals surface area contributed by atoms with Gasteiger partial charge in [0.15, 0.2) is 0 Å². The molecule has 0 aliphatic rings. The average molecular weight is 210 g/mol. The zero-order valence-corrected chi connectivity index (χ0v) is 6.99. The van der Waals surface area contributed by atoms with Crippen LogP contribution >= 0.6 is 7.51 Å². The fraction of sp³-hybridized carbons (Fsp3) is 1.00. The van der Waals surface area contributed by atoms with Crippen LogP contribution in [0.2, 0.25) is 0 Å². The van der Waals surface area contributed by atoms with Gasteiger partial charge in [-0.05, 0) is 0 Å². The molecule has 0 saturated carbocycles. The van der Waals surface area contributed by atoms with Crippen molar-refractivity contribution in [3.05, 3.63) is 0 Å². The van der Waals surface area contributed by atoms with Crippen LogP contribution in [0.15, 0.2) is 0 Å². The van der Waals surface area contributed by atoms with Crippen molar-refractivity contribution in [1.29, 1.82) is 0 Å². The van der Waals surface area contributed by atoms with Gasteiger partial charge in [0, 0.05) is 0 Å². The van der Waals surface area contributed by atoms with Crippen molar-refractivity contribution in [1.82, 2.24) is 0 Å². The quantitative estimate of drug-likeness (QED) is 0.252. The summed E-state index contributed by atoms with van der Waals surface area (Å²) in [5, 5.41) is 7.55. The summed E-state index contributed by atoms with van der Waals surface area (Å²) in [6.07, 6.45) is 0. The summed E-state index contributed by atoms with van der Waals surface area (Å²) in [7, 11) is -10.6. The van der Waals surface area contributed by atoms with Crippen molar-refractivity contribution < 1.29 is 36.7 Å². The molecule has 0 aromatic rings. The molecule has 0 bridgehead atoms. The molecular weight excluding hydrogens is 203 g/mol. The third-order valence-corrected chi connectivity index (χ3v) is 2.67. The van der Waals surface area contributed by atoms with Gasteiger partial charge in [0.2, 0.25) is 0 Å². The Labute approximate surface area is 62.1 Å². The standard InChI is InChI=1S/CH7O8PS/c1-10(3,4,5)9-11(6,7)8-2/h2-5H,1H3. The summed E-state index contributed by atoms with van der Waals surface area (Å²) in [5.41, 5.74) is 0. The minimum absolute atomic E-state index is 0.335. The van der Waals surface area contributed by atoms with Crippen molar-refractivity contribution in [3.8, 4) is 0 Å². The fourth-order valence-corrected chi connectivity index (χ4v) is 2.05. The van der Waals surface area contributed by atoms with E-state index in [4.69, 9.17) is 19.9 Å². The second-order valence-corrected chi connectivity index (χ2v) is 6.01.